The van der Waals surface area contributed by atoms with Crippen molar-refractivity contribution in [2.45, 2.75) is 32.1 Å². The van der Waals surface area contributed by atoms with E-state index < -0.39 is 0 Å². The van der Waals surface area contributed by atoms with Gasteiger partial charge in [-0.25, -0.2) is 0 Å². The van der Waals surface area contributed by atoms with E-state index in [9.17, 15) is 0 Å². The summed E-state index contributed by atoms with van der Waals surface area (Å²) in [6.45, 7) is 11.4. The second kappa shape index (κ2) is 6.07. The van der Waals surface area contributed by atoms with Gasteiger partial charge in [0.15, 0.2) is 0 Å². The van der Waals surface area contributed by atoms with E-state index in [2.05, 4.69) is 64.7 Å². The summed E-state index contributed by atoms with van der Waals surface area (Å²) in [7, 11) is 0. The van der Waals surface area contributed by atoms with Crippen LogP contribution in [-0.2, 0) is 5.33 Å². The maximum Gasteiger partial charge on any atom is 0.0397 e. The molecule has 1 fully saturated rings. The van der Waals surface area contributed by atoms with Crippen molar-refractivity contribution in [3.05, 3.63) is 29.3 Å². The summed E-state index contributed by atoms with van der Waals surface area (Å²) in [4.78, 5) is 5.07. The SMILES string of the molecule is Cc1cc(CBr)ccc1N1CCN(C(C)C)CC1. The molecule has 1 saturated heterocycles. The van der Waals surface area contributed by atoms with E-state index in [1.165, 1.54) is 29.9 Å². The van der Waals surface area contributed by atoms with Crippen molar-refractivity contribution >= 4 is 21.6 Å². The Morgan fingerprint density at radius 2 is 1.83 bits per heavy atom. The lowest BCUT2D eigenvalue weighted by Gasteiger charge is -2.38. The summed E-state index contributed by atoms with van der Waals surface area (Å²) in [5, 5.41) is 0.940. The summed E-state index contributed by atoms with van der Waals surface area (Å²) >= 11 is 3.52. The van der Waals surface area contributed by atoms with Crippen molar-refractivity contribution in [2.24, 2.45) is 0 Å². The van der Waals surface area contributed by atoms with Crippen LogP contribution in [0.2, 0.25) is 0 Å². The molecule has 1 heterocycles. The first-order valence-electron chi connectivity index (χ1n) is 6.76. The Morgan fingerprint density at radius 1 is 1.17 bits per heavy atom. The number of hydrogen-bond acceptors (Lipinski definition) is 2. The van der Waals surface area contributed by atoms with Crippen LogP contribution in [0.4, 0.5) is 5.69 Å². The molecule has 100 valence electrons. The largest absolute Gasteiger partial charge is 0.369 e. The molecular formula is C15H23BrN2. The minimum Gasteiger partial charge on any atom is -0.369 e. The average molecular weight is 311 g/mol. The van der Waals surface area contributed by atoms with Gasteiger partial charge in [0.05, 0.1) is 0 Å². The molecule has 18 heavy (non-hydrogen) atoms. The van der Waals surface area contributed by atoms with Gasteiger partial charge in [0.1, 0.15) is 0 Å². The molecule has 0 bridgehead atoms. The van der Waals surface area contributed by atoms with Crippen LogP contribution in [0.25, 0.3) is 0 Å². The van der Waals surface area contributed by atoms with Crippen LogP contribution < -0.4 is 4.90 Å². The molecule has 0 saturated carbocycles. The first kappa shape index (κ1) is 13.9. The monoisotopic (exact) mass is 310 g/mol. The van der Waals surface area contributed by atoms with Crippen molar-refractivity contribution in [3.8, 4) is 0 Å². The molecule has 0 spiro atoms. The van der Waals surface area contributed by atoms with E-state index in [0.29, 0.717) is 6.04 Å². The Bertz CT molecular complexity index is 395. The van der Waals surface area contributed by atoms with E-state index in [0.717, 1.165) is 18.4 Å². The summed E-state index contributed by atoms with van der Waals surface area (Å²) in [5.74, 6) is 0. The molecule has 3 heteroatoms. The standard InChI is InChI=1S/C15H23BrN2/c1-12(2)17-6-8-18(9-7-17)15-5-4-14(11-16)10-13(15)3/h4-5,10,12H,6-9,11H2,1-3H3. The van der Waals surface area contributed by atoms with E-state index in [1.807, 2.05) is 0 Å². The number of benzene rings is 1. The summed E-state index contributed by atoms with van der Waals surface area (Å²) in [5.41, 5.74) is 4.16. The van der Waals surface area contributed by atoms with E-state index in [4.69, 9.17) is 0 Å². The molecule has 0 N–H and O–H groups in total. The van der Waals surface area contributed by atoms with Crippen LogP contribution in [0.3, 0.4) is 0 Å². The normalized spacial score (nSPS) is 17.5. The van der Waals surface area contributed by atoms with Crippen molar-refractivity contribution in [2.75, 3.05) is 31.1 Å². The second-order valence-corrected chi connectivity index (χ2v) is 5.93. The van der Waals surface area contributed by atoms with Crippen LogP contribution in [0.1, 0.15) is 25.0 Å². The van der Waals surface area contributed by atoms with E-state index in [-0.39, 0.29) is 0 Å². The zero-order chi connectivity index (χ0) is 13.1. The number of halogens is 1. The van der Waals surface area contributed by atoms with Crippen LogP contribution in [0.15, 0.2) is 18.2 Å². The Balaban J connectivity index is 2.05. The Labute approximate surface area is 119 Å². The van der Waals surface area contributed by atoms with Gasteiger partial charge in [0.25, 0.3) is 0 Å². The van der Waals surface area contributed by atoms with Gasteiger partial charge in [-0.2, -0.15) is 0 Å². The molecule has 1 aromatic carbocycles. The minimum absolute atomic E-state index is 0.670. The van der Waals surface area contributed by atoms with Gasteiger partial charge in [0.2, 0.25) is 0 Å². The zero-order valence-corrected chi connectivity index (χ0v) is 13.2. The van der Waals surface area contributed by atoms with Crippen LogP contribution in [0.5, 0.6) is 0 Å². The van der Waals surface area contributed by atoms with Crippen LogP contribution in [0, 0.1) is 6.92 Å². The predicted octanol–water partition coefficient (Wildman–Crippen LogP) is 3.42. The first-order valence-corrected chi connectivity index (χ1v) is 7.88. The lowest BCUT2D eigenvalue weighted by molar-refractivity contribution is 0.209. The predicted molar refractivity (Wildman–Crippen MR) is 82.7 cm³/mol. The quantitative estimate of drug-likeness (QED) is 0.789. The number of rotatable bonds is 3. The third-order valence-corrected chi connectivity index (χ3v) is 4.45. The molecule has 2 nitrogen and oxygen atoms in total. The second-order valence-electron chi connectivity index (χ2n) is 5.37. The minimum atomic E-state index is 0.670. The molecule has 1 aliphatic rings. The topological polar surface area (TPSA) is 6.48 Å². The van der Waals surface area contributed by atoms with Gasteiger partial charge < -0.3 is 4.90 Å². The lowest BCUT2D eigenvalue weighted by Crippen LogP contribution is -2.49. The van der Waals surface area contributed by atoms with Gasteiger partial charge in [-0.1, -0.05) is 28.1 Å². The third kappa shape index (κ3) is 3.07. The highest BCUT2D eigenvalue weighted by molar-refractivity contribution is 9.08. The van der Waals surface area contributed by atoms with Gasteiger partial charge in [-0.3, -0.25) is 4.90 Å². The molecule has 0 unspecified atom stereocenters. The van der Waals surface area contributed by atoms with Gasteiger partial charge in [-0.05, 0) is 38.0 Å². The smallest absolute Gasteiger partial charge is 0.0397 e. The number of aryl methyl sites for hydroxylation is 1. The molecule has 0 aromatic heterocycles. The maximum atomic E-state index is 3.52. The van der Waals surface area contributed by atoms with Crippen molar-refractivity contribution in [3.63, 3.8) is 0 Å². The number of anilines is 1. The van der Waals surface area contributed by atoms with Gasteiger partial charge in [-0.15, -0.1) is 0 Å². The summed E-state index contributed by atoms with van der Waals surface area (Å²) in [6, 6.07) is 7.46. The van der Waals surface area contributed by atoms with E-state index in [1.54, 1.807) is 0 Å². The zero-order valence-electron chi connectivity index (χ0n) is 11.6. The molecular weight excluding hydrogens is 288 g/mol. The molecule has 0 aliphatic carbocycles. The van der Waals surface area contributed by atoms with Crippen LogP contribution in [-0.4, -0.2) is 37.1 Å². The Hall–Kier alpha value is -0.540. The molecule has 2 rings (SSSR count). The molecule has 0 amide bonds. The fourth-order valence-corrected chi connectivity index (χ4v) is 2.98. The maximum absolute atomic E-state index is 3.52. The van der Waals surface area contributed by atoms with E-state index >= 15 is 0 Å². The fourth-order valence-electron chi connectivity index (χ4n) is 2.63. The van der Waals surface area contributed by atoms with Crippen molar-refractivity contribution in [1.82, 2.24) is 4.90 Å². The highest BCUT2D eigenvalue weighted by atomic mass is 79.9. The Kier molecular flexibility index (Phi) is 4.68. The number of hydrogen-bond donors (Lipinski definition) is 0. The molecule has 1 aliphatic heterocycles. The summed E-state index contributed by atoms with van der Waals surface area (Å²) in [6.07, 6.45) is 0. The Morgan fingerprint density at radius 3 is 2.33 bits per heavy atom. The van der Waals surface area contributed by atoms with Gasteiger partial charge in [0, 0.05) is 43.2 Å². The first-order chi connectivity index (χ1) is 8.61. The fraction of sp³-hybridized carbons (Fsp3) is 0.600. The average Bonchev–Trinajstić information content (AvgIpc) is 2.38. The number of alkyl halides is 1. The van der Waals surface area contributed by atoms with Crippen LogP contribution >= 0.6 is 15.9 Å². The van der Waals surface area contributed by atoms with Crippen molar-refractivity contribution < 1.29 is 0 Å². The number of piperazine rings is 1. The number of nitrogens with zero attached hydrogens (tertiary/aromatic N) is 2. The van der Waals surface area contributed by atoms with Crippen molar-refractivity contribution in [1.29, 1.82) is 0 Å². The summed E-state index contributed by atoms with van der Waals surface area (Å²) < 4.78 is 0. The molecule has 1 aromatic rings. The highest BCUT2D eigenvalue weighted by Crippen LogP contribution is 2.23. The third-order valence-electron chi connectivity index (χ3n) is 3.80. The molecule has 0 radical (unpaired) electrons. The van der Waals surface area contributed by atoms with Gasteiger partial charge >= 0.3 is 0 Å². The highest BCUT2D eigenvalue weighted by Gasteiger charge is 2.19. The lowest BCUT2D eigenvalue weighted by atomic mass is 10.1. The molecule has 0 atom stereocenters.